The maximum absolute atomic E-state index is 13.8. The van der Waals surface area contributed by atoms with Gasteiger partial charge in [-0.3, -0.25) is 19.2 Å². The topological polar surface area (TPSA) is 232 Å². The molecule has 13 nitrogen and oxygen atoms in total. The van der Waals surface area contributed by atoms with E-state index >= 15 is 0 Å². The third kappa shape index (κ3) is 15.4. The Hall–Kier alpha value is -3.20. The molecule has 1 aromatic carbocycles. The van der Waals surface area contributed by atoms with E-state index in [1.54, 1.807) is 0 Å². The molecule has 0 spiro atoms. The Kier molecular flexibility index (Phi) is 20.6. The largest absolute Gasteiger partial charge is 0.480 e. The molecule has 14 heteroatoms. The second kappa shape index (κ2) is 23.2. The molecular formula is C32H55N7O6S. The lowest BCUT2D eigenvalue weighted by atomic mass is 9.96. The van der Waals surface area contributed by atoms with Crippen molar-refractivity contribution >= 4 is 41.4 Å². The van der Waals surface area contributed by atoms with E-state index in [-0.39, 0.29) is 25.2 Å². The fraction of sp³-hybridized carbons (Fsp3) is 0.656. The van der Waals surface area contributed by atoms with Crippen molar-refractivity contribution in [3.63, 3.8) is 0 Å². The molecule has 0 aliphatic carbocycles. The van der Waals surface area contributed by atoms with Crippen molar-refractivity contribution < 1.29 is 29.1 Å². The predicted molar refractivity (Wildman–Crippen MR) is 182 cm³/mol. The molecule has 0 fully saturated rings. The van der Waals surface area contributed by atoms with Crippen LogP contribution in [0.25, 0.3) is 0 Å². The Morgan fingerprint density at radius 3 is 1.89 bits per heavy atom. The fourth-order valence-electron chi connectivity index (χ4n) is 4.72. The Balaban J connectivity index is 3.22. The Bertz CT molecular complexity index is 1080. The number of benzene rings is 1. The number of carboxylic acid groups (broad SMARTS) is 1. The summed E-state index contributed by atoms with van der Waals surface area (Å²) in [5.41, 5.74) is 17.9. The number of aliphatic carboxylic acids is 1. The first kappa shape index (κ1) is 40.8. The van der Waals surface area contributed by atoms with Crippen molar-refractivity contribution in [2.45, 2.75) is 102 Å². The Morgan fingerprint density at radius 2 is 1.33 bits per heavy atom. The standard InChI is InChI=1S/C32H55N7O6S/c1-4-21(2)27(39-28(40)23(35)14-8-10-17-33)31(43)38-26(20-22-12-6-5-7-13-22)30(42)36-24(16-19-46-3)29(41)37-25(32(44)45)15-9-11-18-34/h5-7,12-13,21,23-27H,4,8-11,14-20,33-35H2,1-3H3,(H,36,42)(H,37,41)(H,38,43)(H,39,40)(H,44,45)/t21-,23-,24-,25-,26-,27-/m0/s1. The number of nitrogens with one attached hydrogen (secondary N) is 4. The highest BCUT2D eigenvalue weighted by molar-refractivity contribution is 7.98. The van der Waals surface area contributed by atoms with Gasteiger partial charge in [0.25, 0.3) is 0 Å². The molecule has 1 aromatic rings. The van der Waals surface area contributed by atoms with Crippen LogP contribution < -0.4 is 38.5 Å². The summed E-state index contributed by atoms with van der Waals surface area (Å²) in [5.74, 6) is -3.17. The van der Waals surface area contributed by atoms with Crippen LogP contribution in [0.15, 0.2) is 30.3 Å². The fourth-order valence-corrected chi connectivity index (χ4v) is 5.19. The second-order valence-corrected chi connectivity index (χ2v) is 12.5. The molecule has 46 heavy (non-hydrogen) atoms. The lowest BCUT2D eigenvalue weighted by Gasteiger charge is -2.28. The normalized spacial score (nSPS) is 15.0. The van der Waals surface area contributed by atoms with Crippen molar-refractivity contribution in [2.24, 2.45) is 23.1 Å². The maximum Gasteiger partial charge on any atom is 0.326 e. The van der Waals surface area contributed by atoms with E-state index in [0.29, 0.717) is 50.9 Å². The molecule has 0 bridgehead atoms. The van der Waals surface area contributed by atoms with E-state index in [9.17, 15) is 29.1 Å². The average Bonchev–Trinajstić information content (AvgIpc) is 3.04. The molecule has 0 saturated carbocycles. The molecule has 0 radical (unpaired) electrons. The number of rotatable bonds is 24. The van der Waals surface area contributed by atoms with E-state index in [1.165, 1.54) is 11.8 Å². The van der Waals surface area contributed by atoms with E-state index < -0.39 is 59.8 Å². The first-order chi connectivity index (χ1) is 22.0. The number of carboxylic acids is 1. The minimum absolute atomic E-state index is 0.117. The van der Waals surface area contributed by atoms with Gasteiger partial charge in [-0.2, -0.15) is 11.8 Å². The highest BCUT2D eigenvalue weighted by atomic mass is 32.2. The van der Waals surface area contributed by atoms with Gasteiger partial charge in [0.2, 0.25) is 23.6 Å². The second-order valence-electron chi connectivity index (χ2n) is 11.5. The van der Waals surface area contributed by atoms with E-state index in [2.05, 4.69) is 21.3 Å². The highest BCUT2D eigenvalue weighted by Crippen LogP contribution is 2.12. The van der Waals surface area contributed by atoms with E-state index in [1.807, 2.05) is 50.4 Å². The minimum atomic E-state index is -1.17. The summed E-state index contributed by atoms with van der Waals surface area (Å²) in [4.78, 5) is 65.5. The van der Waals surface area contributed by atoms with Gasteiger partial charge in [-0.25, -0.2) is 4.79 Å². The summed E-state index contributed by atoms with van der Waals surface area (Å²) in [5, 5.41) is 20.5. The molecule has 4 amide bonds. The Labute approximate surface area is 277 Å². The minimum Gasteiger partial charge on any atom is -0.480 e. The molecule has 0 heterocycles. The SMILES string of the molecule is CC[C@H](C)[C@H](NC(=O)[C@@H](N)CCCCN)C(=O)N[C@@H](Cc1ccccc1)C(=O)N[C@@H](CCSC)C(=O)N[C@@H](CCCCN)C(=O)O. The molecule has 0 aliphatic rings. The predicted octanol–water partition coefficient (Wildman–Crippen LogP) is 0.637. The third-order valence-corrected chi connectivity index (χ3v) is 8.46. The lowest BCUT2D eigenvalue weighted by molar-refractivity contribution is -0.142. The first-order valence-corrected chi connectivity index (χ1v) is 17.5. The van der Waals surface area contributed by atoms with Gasteiger partial charge in [0.05, 0.1) is 6.04 Å². The van der Waals surface area contributed by atoms with Crippen molar-refractivity contribution in [3.8, 4) is 0 Å². The van der Waals surface area contributed by atoms with Gasteiger partial charge in [0.15, 0.2) is 0 Å². The van der Waals surface area contributed by atoms with Gasteiger partial charge in [-0.1, -0.05) is 57.0 Å². The van der Waals surface area contributed by atoms with E-state index in [4.69, 9.17) is 17.2 Å². The van der Waals surface area contributed by atoms with Gasteiger partial charge in [-0.15, -0.1) is 0 Å². The van der Waals surface area contributed by atoms with E-state index in [0.717, 1.165) is 12.0 Å². The van der Waals surface area contributed by atoms with Crippen molar-refractivity contribution in [3.05, 3.63) is 35.9 Å². The summed E-state index contributed by atoms with van der Waals surface area (Å²) in [6.07, 6.45) is 5.96. The number of carbonyl (C=O) groups is 5. The maximum atomic E-state index is 13.8. The summed E-state index contributed by atoms with van der Waals surface area (Å²) in [6, 6.07) is 4.06. The zero-order valence-electron chi connectivity index (χ0n) is 27.5. The number of unbranched alkanes of at least 4 members (excludes halogenated alkanes) is 2. The van der Waals surface area contributed by atoms with Crippen LogP contribution in [0.2, 0.25) is 0 Å². The molecule has 0 aliphatic heterocycles. The van der Waals surface area contributed by atoms with Gasteiger partial charge in [0, 0.05) is 6.42 Å². The smallest absolute Gasteiger partial charge is 0.326 e. The summed E-state index contributed by atoms with van der Waals surface area (Å²) in [7, 11) is 0. The highest BCUT2D eigenvalue weighted by Gasteiger charge is 2.33. The molecule has 0 unspecified atom stereocenters. The van der Waals surface area contributed by atoms with Gasteiger partial charge in [0.1, 0.15) is 24.2 Å². The van der Waals surface area contributed by atoms with Crippen LogP contribution in [0.5, 0.6) is 0 Å². The van der Waals surface area contributed by atoms with Crippen LogP contribution in [0, 0.1) is 5.92 Å². The number of carbonyl (C=O) groups excluding carboxylic acids is 4. The molecule has 260 valence electrons. The van der Waals surface area contributed by atoms with Crippen LogP contribution in [0.4, 0.5) is 0 Å². The van der Waals surface area contributed by atoms with Crippen molar-refractivity contribution in [1.82, 2.24) is 21.3 Å². The van der Waals surface area contributed by atoms with Gasteiger partial charge in [-0.05, 0) is 75.1 Å². The van der Waals surface area contributed by atoms with Gasteiger partial charge >= 0.3 is 5.97 Å². The summed E-state index contributed by atoms with van der Waals surface area (Å²) < 4.78 is 0. The quantitative estimate of drug-likeness (QED) is 0.0718. The van der Waals surface area contributed by atoms with Crippen LogP contribution in [0.1, 0.15) is 70.8 Å². The molecule has 0 aromatic heterocycles. The molecule has 1 rings (SSSR count). The zero-order valence-corrected chi connectivity index (χ0v) is 28.3. The van der Waals surface area contributed by atoms with Crippen LogP contribution in [-0.2, 0) is 30.4 Å². The number of thioether (sulfide) groups is 1. The van der Waals surface area contributed by atoms with Crippen LogP contribution >= 0.6 is 11.8 Å². The monoisotopic (exact) mass is 665 g/mol. The summed E-state index contributed by atoms with van der Waals surface area (Å²) in [6.45, 7) is 4.62. The number of amides is 4. The molecule has 6 atom stereocenters. The van der Waals surface area contributed by atoms with Crippen molar-refractivity contribution in [2.75, 3.05) is 25.1 Å². The third-order valence-electron chi connectivity index (χ3n) is 7.82. The lowest BCUT2D eigenvalue weighted by Crippen LogP contribution is -2.60. The number of nitrogens with two attached hydrogens (primary N) is 3. The number of hydrogen-bond donors (Lipinski definition) is 8. The first-order valence-electron chi connectivity index (χ1n) is 16.1. The summed E-state index contributed by atoms with van der Waals surface area (Å²) >= 11 is 1.47. The molecule has 0 saturated heterocycles. The number of hydrogen-bond acceptors (Lipinski definition) is 9. The molecular weight excluding hydrogens is 610 g/mol. The van der Waals surface area contributed by atoms with Crippen LogP contribution in [-0.4, -0.2) is 90.0 Å². The zero-order chi connectivity index (χ0) is 34.5. The van der Waals surface area contributed by atoms with Gasteiger partial charge < -0.3 is 43.6 Å². The average molecular weight is 666 g/mol. The van der Waals surface area contributed by atoms with Crippen LogP contribution in [0.3, 0.4) is 0 Å². The van der Waals surface area contributed by atoms with Crippen molar-refractivity contribution in [1.29, 1.82) is 0 Å². The molecule has 11 N–H and O–H groups in total. The Morgan fingerprint density at radius 1 is 0.761 bits per heavy atom.